The molecule has 7 rings (SSSR count). The molecule has 0 spiro atoms. The van der Waals surface area contributed by atoms with E-state index in [2.05, 4.69) is 41.7 Å². The molecule has 2 aromatic carbocycles. The fraction of sp³-hybridized carbons (Fsp3) is 0.379. The van der Waals surface area contributed by atoms with Gasteiger partial charge in [0.2, 0.25) is 5.95 Å². The van der Waals surface area contributed by atoms with Gasteiger partial charge in [-0.1, -0.05) is 13.8 Å². The first kappa shape index (κ1) is 33.7. The number of hydrogen-bond acceptors (Lipinski definition) is 11. The van der Waals surface area contributed by atoms with E-state index < -0.39 is 41.9 Å². The van der Waals surface area contributed by atoms with Crippen molar-refractivity contribution in [2.24, 2.45) is 5.41 Å². The molecule has 17 heteroatoms. The third-order valence-corrected chi connectivity index (χ3v) is 6.23. The lowest BCUT2D eigenvalue weighted by atomic mass is 9.93. The van der Waals surface area contributed by atoms with Crippen LogP contribution in [0.4, 0.5) is 36.4 Å². The largest absolute Gasteiger partial charge is 0.494 e. The summed E-state index contributed by atoms with van der Waals surface area (Å²) in [6.07, 6.45) is -3.48. The molecular weight excluding hydrogens is 613 g/mol. The Kier molecular flexibility index (Phi) is 11.1. The molecule has 4 aliphatic rings. The minimum Gasteiger partial charge on any atom is -0.494 e. The zero-order chi connectivity index (χ0) is 33.2. The SMILES string of the molecule is CC1(C)CNC(=O)C(=O)Nc2ccc(cc2)OCCCCONc2nc(nc(OCC(F)(F)F)n2)Nc2ccc(cc2)C(=O)NC1. The van der Waals surface area contributed by atoms with Gasteiger partial charge in [0.15, 0.2) is 6.61 Å². The number of ether oxygens (including phenoxy) is 2. The average molecular weight is 647 g/mol. The van der Waals surface area contributed by atoms with E-state index in [4.69, 9.17) is 14.3 Å². The van der Waals surface area contributed by atoms with Crippen LogP contribution in [0.1, 0.15) is 37.0 Å². The summed E-state index contributed by atoms with van der Waals surface area (Å²) < 4.78 is 48.6. The predicted octanol–water partition coefficient (Wildman–Crippen LogP) is 3.58. The first-order valence-electron chi connectivity index (χ1n) is 14.2. The minimum absolute atomic E-state index is 0.109. The molecule has 1 aromatic heterocycles. The molecule has 5 N–H and O–H groups in total. The van der Waals surface area contributed by atoms with Gasteiger partial charge in [-0.15, -0.1) is 0 Å². The third kappa shape index (κ3) is 11.1. The van der Waals surface area contributed by atoms with Crippen molar-refractivity contribution in [2.45, 2.75) is 32.9 Å². The summed E-state index contributed by atoms with van der Waals surface area (Å²) in [5.74, 6) is -1.83. The van der Waals surface area contributed by atoms with Crippen LogP contribution in [0.2, 0.25) is 0 Å². The van der Waals surface area contributed by atoms with Gasteiger partial charge in [-0.05, 0) is 66.8 Å². The van der Waals surface area contributed by atoms with Gasteiger partial charge in [-0.2, -0.15) is 28.1 Å². The molecule has 0 fully saturated rings. The van der Waals surface area contributed by atoms with E-state index in [-0.39, 0.29) is 31.6 Å². The number of aromatic nitrogens is 3. The summed E-state index contributed by atoms with van der Waals surface area (Å²) in [6.45, 7) is 2.83. The molecule has 5 heterocycles. The summed E-state index contributed by atoms with van der Waals surface area (Å²) in [7, 11) is 0. The quantitative estimate of drug-likeness (QED) is 0.257. The smallest absolute Gasteiger partial charge is 0.422 e. The Labute approximate surface area is 261 Å². The molecule has 0 saturated carbocycles. The molecule has 0 saturated heterocycles. The second-order valence-corrected chi connectivity index (χ2v) is 10.9. The summed E-state index contributed by atoms with van der Waals surface area (Å²) in [5.41, 5.74) is 3.01. The Morgan fingerprint density at radius 3 is 2.09 bits per heavy atom. The normalized spacial score (nSPS) is 16.8. The molecule has 0 atom stereocenters. The summed E-state index contributed by atoms with van der Waals surface area (Å²) in [6, 6.07) is 12.0. The fourth-order valence-corrected chi connectivity index (χ4v) is 3.79. The van der Waals surface area contributed by atoms with E-state index in [1.165, 1.54) is 12.1 Å². The van der Waals surface area contributed by atoms with Crippen LogP contribution in [0.5, 0.6) is 11.8 Å². The van der Waals surface area contributed by atoms with Crippen molar-refractivity contribution in [3.8, 4) is 11.8 Å². The van der Waals surface area contributed by atoms with Crippen LogP contribution in [0.3, 0.4) is 0 Å². The molecule has 14 nitrogen and oxygen atoms in total. The topological polar surface area (TPSA) is 178 Å². The zero-order valence-electron chi connectivity index (χ0n) is 25.0. The molecule has 4 aliphatic heterocycles. The van der Waals surface area contributed by atoms with E-state index >= 15 is 0 Å². The van der Waals surface area contributed by atoms with E-state index in [1.54, 1.807) is 36.4 Å². The van der Waals surface area contributed by atoms with Crippen LogP contribution in [-0.4, -0.2) is 71.8 Å². The highest BCUT2D eigenvalue weighted by atomic mass is 19.4. The summed E-state index contributed by atoms with van der Waals surface area (Å²) in [5, 5.41) is 10.7. The van der Waals surface area contributed by atoms with Crippen molar-refractivity contribution in [3.05, 3.63) is 54.1 Å². The van der Waals surface area contributed by atoms with E-state index in [9.17, 15) is 27.6 Å². The maximum Gasteiger partial charge on any atom is 0.422 e. The summed E-state index contributed by atoms with van der Waals surface area (Å²) >= 11 is 0. The third-order valence-electron chi connectivity index (χ3n) is 6.23. The van der Waals surface area contributed by atoms with Crippen LogP contribution in [0, 0.1) is 5.41 Å². The number of carbonyl (C=O) groups is 3. The molecule has 0 unspecified atom stereocenters. The number of halogens is 3. The number of anilines is 4. The van der Waals surface area contributed by atoms with E-state index in [0.29, 0.717) is 42.1 Å². The first-order chi connectivity index (χ1) is 21.8. The lowest BCUT2D eigenvalue weighted by Crippen LogP contribution is -2.44. The van der Waals surface area contributed by atoms with Crippen molar-refractivity contribution in [1.29, 1.82) is 0 Å². The standard InChI is InChI=1S/C29H33F3N8O6/c1-28(2)15-33-22(41)18-5-7-20(8-6-18)36-25-37-26(39-27(38-25)45-17-29(30,31)32)40-46-14-4-3-13-44-21-11-9-19(10-12-21)35-24(43)23(42)34-16-28/h5-12H,3-4,13-17H2,1-2H3,(H,33,41)(H,34,42)(H,35,43)(H2,36,37,38,39,40). The van der Waals surface area contributed by atoms with Crippen LogP contribution in [0.25, 0.3) is 0 Å². The van der Waals surface area contributed by atoms with Crippen LogP contribution < -0.4 is 36.2 Å². The number of amides is 3. The average Bonchev–Trinajstić information content (AvgIpc) is 3.01. The molecule has 0 radical (unpaired) electrons. The summed E-state index contributed by atoms with van der Waals surface area (Å²) in [4.78, 5) is 54.7. The molecule has 0 aliphatic carbocycles. The van der Waals surface area contributed by atoms with Gasteiger partial charge >= 0.3 is 24.0 Å². The second kappa shape index (κ2) is 15.2. The minimum atomic E-state index is -4.61. The first-order valence-corrected chi connectivity index (χ1v) is 14.2. The number of nitrogens with one attached hydrogen (secondary N) is 5. The lowest BCUT2D eigenvalue weighted by molar-refractivity contribution is -0.154. The highest BCUT2D eigenvalue weighted by molar-refractivity contribution is 6.39. The highest BCUT2D eigenvalue weighted by Gasteiger charge is 2.29. The zero-order valence-corrected chi connectivity index (χ0v) is 25.0. The Balaban J connectivity index is 1.48. The van der Waals surface area contributed by atoms with Crippen LogP contribution in [0.15, 0.2) is 48.5 Å². The molecule has 46 heavy (non-hydrogen) atoms. The van der Waals surface area contributed by atoms with Crippen molar-refractivity contribution >= 4 is 41.0 Å². The Hall–Kier alpha value is -5.19. The predicted molar refractivity (Wildman–Crippen MR) is 160 cm³/mol. The van der Waals surface area contributed by atoms with E-state index in [0.717, 1.165) is 0 Å². The molecule has 3 amide bonds. The molecule has 6 bridgehead atoms. The highest BCUT2D eigenvalue weighted by Crippen LogP contribution is 2.21. The van der Waals surface area contributed by atoms with Gasteiger partial charge in [-0.25, -0.2) is 5.48 Å². The Morgan fingerprint density at radius 2 is 1.39 bits per heavy atom. The molecular formula is C29H33F3N8O6. The van der Waals surface area contributed by atoms with Crippen molar-refractivity contribution in [2.75, 3.05) is 49.0 Å². The second-order valence-electron chi connectivity index (χ2n) is 10.9. The van der Waals surface area contributed by atoms with Crippen molar-refractivity contribution in [3.63, 3.8) is 0 Å². The maximum atomic E-state index is 12.8. The number of alkyl halides is 3. The Bertz CT molecular complexity index is 1500. The molecule has 246 valence electrons. The lowest BCUT2D eigenvalue weighted by Gasteiger charge is -2.25. The van der Waals surface area contributed by atoms with Crippen LogP contribution >= 0.6 is 0 Å². The van der Waals surface area contributed by atoms with Gasteiger partial charge in [0.1, 0.15) is 5.75 Å². The van der Waals surface area contributed by atoms with Gasteiger partial charge in [-0.3, -0.25) is 19.2 Å². The number of hydrogen-bond donors (Lipinski definition) is 5. The molecule has 3 aromatic rings. The number of nitrogens with zero attached hydrogens (tertiary/aromatic N) is 3. The Morgan fingerprint density at radius 1 is 0.783 bits per heavy atom. The van der Waals surface area contributed by atoms with Crippen LogP contribution in [-0.2, 0) is 14.4 Å². The van der Waals surface area contributed by atoms with Crippen molar-refractivity contribution < 1.29 is 41.9 Å². The van der Waals surface area contributed by atoms with E-state index in [1.807, 2.05) is 13.8 Å². The van der Waals surface area contributed by atoms with Crippen molar-refractivity contribution in [1.82, 2.24) is 25.6 Å². The maximum absolute atomic E-state index is 12.8. The van der Waals surface area contributed by atoms with Gasteiger partial charge in [0.05, 0.1) is 13.2 Å². The van der Waals surface area contributed by atoms with Gasteiger partial charge in [0.25, 0.3) is 11.9 Å². The number of carbonyl (C=O) groups excluding carboxylic acids is 3. The van der Waals surface area contributed by atoms with Gasteiger partial charge < -0.3 is 30.7 Å². The monoisotopic (exact) mass is 646 g/mol. The number of benzene rings is 2. The van der Waals surface area contributed by atoms with Gasteiger partial charge in [0, 0.05) is 30.0 Å². The fourth-order valence-electron chi connectivity index (χ4n) is 3.79. The number of rotatable bonds is 2.